The van der Waals surface area contributed by atoms with Crippen molar-refractivity contribution >= 4 is 29.3 Å². The topological polar surface area (TPSA) is 259 Å². The molecule has 172 valence electrons. The summed E-state index contributed by atoms with van der Waals surface area (Å²) in [7, 11) is -15.7. The van der Waals surface area contributed by atoms with E-state index in [0.717, 1.165) is 10.8 Å². The van der Waals surface area contributed by atoms with E-state index in [-0.39, 0.29) is 12.4 Å². The van der Waals surface area contributed by atoms with Crippen molar-refractivity contribution in [1.82, 2.24) is 9.55 Å². The minimum absolute atomic E-state index is 0.123. The second kappa shape index (κ2) is 9.22. The van der Waals surface area contributed by atoms with E-state index in [2.05, 4.69) is 18.1 Å². The molecule has 0 radical (unpaired) electrons. The highest BCUT2D eigenvalue weighted by Crippen LogP contribution is 2.67. The number of nitrogen functional groups attached to an aromatic ring is 1. The number of ether oxygens (including phenoxy) is 2. The zero-order valence-electron chi connectivity index (χ0n) is 14.9. The van der Waals surface area contributed by atoms with E-state index >= 15 is 0 Å². The molecule has 30 heavy (non-hydrogen) atoms. The summed E-state index contributed by atoms with van der Waals surface area (Å²) in [5.41, 5.74) is 4.44. The fourth-order valence-electron chi connectivity index (χ4n) is 2.45. The lowest BCUT2D eigenvalue weighted by molar-refractivity contribution is -0.0611. The summed E-state index contributed by atoms with van der Waals surface area (Å²) in [6.45, 7) is -0.342. The van der Waals surface area contributed by atoms with Crippen molar-refractivity contribution in [3.05, 3.63) is 22.7 Å². The maximum absolute atomic E-state index is 12.1. The van der Waals surface area contributed by atoms with Gasteiger partial charge in [0.15, 0.2) is 6.23 Å². The second-order valence-electron chi connectivity index (χ2n) is 5.71. The molecule has 1 aliphatic heterocycles. The van der Waals surface area contributed by atoms with Gasteiger partial charge in [-0.1, -0.05) is 0 Å². The van der Waals surface area contributed by atoms with Crippen molar-refractivity contribution < 1.29 is 61.0 Å². The molecule has 1 aliphatic rings. The average Bonchev–Trinajstić information content (AvgIpc) is 2.80. The van der Waals surface area contributed by atoms with Crippen LogP contribution >= 0.6 is 23.5 Å². The Labute approximate surface area is 167 Å². The first-order valence-corrected chi connectivity index (χ1v) is 12.2. The first-order valence-electron chi connectivity index (χ1n) is 7.63. The first kappa shape index (κ1) is 25.2. The van der Waals surface area contributed by atoms with Gasteiger partial charge in [-0.3, -0.25) is 9.09 Å². The van der Waals surface area contributed by atoms with Gasteiger partial charge in [-0.15, -0.1) is 0 Å². The Bertz CT molecular complexity index is 963. The third-order valence-corrected chi connectivity index (χ3v) is 7.27. The monoisotopic (exact) mass is 497 g/mol. The number of nitrogens with zero attached hydrogens (tertiary/aromatic N) is 2. The normalized spacial score (nSPS) is 28.7. The highest BCUT2D eigenvalue weighted by Gasteiger charge is 2.51. The van der Waals surface area contributed by atoms with Crippen LogP contribution in [0.2, 0.25) is 0 Å². The molecular formula is C10H18N3O14P3. The van der Waals surface area contributed by atoms with Crippen LogP contribution < -0.4 is 11.4 Å². The zero-order valence-corrected chi connectivity index (χ0v) is 17.6. The van der Waals surface area contributed by atoms with Gasteiger partial charge in [0.1, 0.15) is 24.1 Å². The maximum atomic E-state index is 12.1. The van der Waals surface area contributed by atoms with Gasteiger partial charge in [-0.25, -0.2) is 18.5 Å². The lowest BCUT2D eigenvalue weighted by Crippen LogP contribution is -2.37. The summed E-state index contributed by atoms with van der Waals surface area (Å²) in [5, 5.41) is 10.4. The number of phosphoric acid groups is 3. The number of phosphoric ester groups is 1. The van der Waals surface area contributed by atoms with Gasteiger partial charge >= 0.3 is 29.2 Å². The smallest absolute Gasteiger partial charge is 0.386 e. The molecule has 1 aromatic rings. The van der Waals surface area contributed by atoms with E-state index in [4.69, 9.17) is 25.0 Å². The van der Waals surface area contributed by atoms with Gasteiger partial charge in [0, 0.05) is 13.3 Å². The number of aliphatic hydroxyl groups is 1. The Kier molecular flexibility index (Phi) is 7.76. The van der Waals surface area contributed by atoms with E-state index in [0.29, 0.717) is 0 Å². The lowest BCUT2D eigenvalue weighted by Gasteiger charge is -2.23. The highest BCUT2D eigenvalue weighted by molar-refractivity contribution is 7.66. The zero-order chi connectivity index (χ0) is 22.9. The van der Waals surface area contributed by atoms with Crippen LogP contribution in [0.3, 0.4) is 0 Å². The number of nitrogens with two attached hydrogens (primary N) is 1. The molecular weight excluding hydrogens is 479 g/mol. The number of anilines is 1. The number of hydrogen-bond acceptors (Lipinski definition) is 12. The Hall–Kier alpha value is -1.03. The molecule has 1 aromatic heterocycles. The molecule has 0 spiro atoms. The van der Waals surface area contributed by atoms with Gasteiger partial charge < -0.3 is 39.9 Å². The Morgan fingerprint density at radius 3 is 2.37 bits per heavy atom. The molecule has 2 rings (SSSR count). The summed E-state index contributed by atoms with van der Waals surface area (Å²) < 4.78 is 57.1. The molecule has 17 nitrogen and oxygen atoms in total. The third-order valence-electron chi connectivity index (χ3n) is 3.44. The van der Waals surface area contributed by atoms with Crippen LogP contribution in [0, 0.1) is 0 Å². The lowest BCUT2D eigenvalue weighted by atomic mass is 10.1. The third kappa shape index (κ3) is 6.73. The van der Waals surface area contributed by atoms with Gasteiger partial charge in [-0.2, -0.15) is 13.6 Å². The Balaban J connectivity index is 2.25. The van der Waals surface area contributed by atoms with Crippen LogP contribution in [0.4, 0.5) is 5.82 Å². The quantitative estimate of drug-likeness (QED) is 0.211. The molecule has 7 N–H and O–H groups in total. The number of aliphatic hydroxyl groups excluding tert-OH is 1. The fraction of sp³-hybridized carbons (Fsp3) is 0.600. The van der Waals surface area contributed by atoms with E-state index < -0.39 is 53.7 Å². The highest BCUT2D eigenvalue weighted by atomic mass is 31.3. The molecule has 2 heterocycles. The van der Waals surface area contributed by atoms with Crippen LogP contribution in [-0.4, -0.2) is 66.3 Å². The van der Waals surface area contributed by atoms with Gasteiger partial charge in [0.2, 0.25) is 0 Å². The summed E-state index contributed by atoms with van der Waals surface area (Å²) in [4.78, 5) is 51.4. The molecule has 6 atom stereocenters. The Morgan fingerprint density at radius 2 is 1.83 bits per heavy atom. The van der Waals surface area contributed by atoms with E-state index in [1.807, 2.05) is 0 Å². The summed E-state index contributed by atoms with van der Waals surface area (Å²) in [6, 6.07) is 1.21. The molecule has 0 bridgehead atoms. The van der Waals surface area contributed by atoms with Gasteiger partial charge in [0.05, 0.1) is 6.61 Å². The molecule has 0 saturated carbocycles. The standard InChI is InChI=1S/C10H18N3O14P3/c1-23-4-5-8(25-29(19,20)27-30(21,22)26-28(16,17)18)7(14)9(24-5)13-3-2-6(11)12-10(13)15/h2-3,5,7-9,14H,4H2,1H3,(H,19,20)(H,21,22)(H2,11,12,15)(H2,16,17,18)/t5-,7-,8-,9-/m1/s1. The molecule has 20 heteroatoms. The van der Waals surface area contributed by atoms with Crippen LogP contribution in [-0.2, 0) is 36.3 Å². The average molecular weight is 497 g/mol. The summed E-state index contributed by atoms with van der Waals surface area (Å²) in [6.07, 6.45) is -5.29. The van der Waals surface area contributed by atoms with Gasteiger partial charge in [0.25, 0.3) is 0 Å². The van der Waals surface area contributed by atoms with Crippen molar-refractivity contribution in [3.63, 3.8) is 0 Å². The van der Waals surface area contributed by atoms with E-state index in [1.165, 1.54) is 13.2 Å². The van der Waals surface area contributed by atoms with E-state index in [9.17, 15) is 33.4 Å². The predicted molar refractivity (Wildman–Crippen MR) is 93.4 cm³/mol. The van der Waals surface area contributed by atoms with Crippen LogP contribution in [0.15, 0.2) is 17.1 Å². The van der Waals surface area contributed by atoms with Crippen molar-refractivity contribution in [2.24, 2.45) is 0 Å². The number of methoxy groups -OCH3 is 1. The number of rotatable bonds is 9. The minimum atomic E-state index is -5.77. The molecule has 2 unspecified atom stereocenters. The fourth-order valence-corrected chi connectivity index (χ4v) is 5.68. The minimum Gasteiger partial charge on any atom is -0.386 e. The van der Waals surface area contributed by atoms with Crippen LogP contribution in [0.25, 0.3) is 0 Å². The maximum Gasteiger partial charge on any atom is 0.490 e. The van der Waals surface area contributed by atoms with Crippen LogP contribution in [0.5, 0.6) is 0 Å². The molecule has 1 fully saturated rings. The largest absolute Gasteiger partial charge is 0.490 e. The first-order chi connectivity index (χ1) is 13.6. The van der Waals surface area contributed by atoms with Crippen molar-refractivity contribution in [2.45, 2.75) is 24.5 Å². The SMILES string of the molecule is COC[C@H]1O[C@@H](n2ccc(N)nc2=O)[C@H](O)[C@@H]1OP(=O)(O)OP(=O)(O)OP(=O)(O)O. The number of hydrogen-bond donors (Lipinski definition) is 6. The number of aromatic nitrogens is 2. The summed E-state index contributed by atoms with van der Waals surface area (Å²) in [5.74, 6) is -0.123. The predicted octanol–water partition coefficient (Wildman–Crippen LogP) is -1.56. The van der Waals surface area contributed by atoms with Crippen molar-refractivity contribution in [1.29, 1.82) is 0 Å². The molecule has 0 aliphatic carbocycles. The Morgan fingerprint density at radius 1 is 1.20 bits per heavy atom. The molecule has 0 amide bonds. The van der Waals surface area contributed by atoms with Gasteiger partial charge in [-0.05, 0) is 6.07 Å². The van der Waals surface area contributed by atoms with Crippen molar-refractivity contribution in [3.8, 4) is 0 Å². The van der Waals surface area contributed by atoms with Crippen molar-refractivity contribution in [2.75, 3.05) is 19.5 Å². The van der Waals surface area contributed by atoms with E-state index in [1.54, 1.807) is 0 Å². The molecule has 0 aromatic carbocycles. The second-order valence-corrected chi connectivity index (χ2v) is 10.1. The van der Waals surface area contributed by atoms with Crippen LogP contribution in [0.1, 0.15) is 6.23 Å². The molecule has 1 saturated heterocycles. The summed E-state index contributed by atoms with van der Waals surface area (Å²) >= 11 is 0.